The molecule has 1 aromatic rings. The van der Waals surface area contributed by atoms with Gasteiger partial charge in [-0.15, -0.1) is 11.3 Å². The highest BCUT2D eigenvalue weighted by atomic mass is 35.5. The van der Waals surface area contributed by atoms with Crippen LogP contribution in [0.25, 0.3) is 0 Å². The Hall–Kier alpha value is -0.460. The topological polar surface area (TPSA) is 38.8 Å². The Morgan fingerprint density at radius 3 is 2.24 bits per heavy atom. The average molecular weight is 334 g/mol. The quantitative estimate of drug-likeness (QED) is 0.460. The third kappa shape index (κ3) is 6.45. The van der Waals surface area contributed by atoms with E-state index in [0.29, 0.717) is 48.7 Å². The Morgan fingerprint density at radius 1 is 1.24 bits per heavy atom. The number of rotatable bonds is 11. The highest BCUT2D eigenvalue weighted by Gasteiger charge is 2.23. The summed E-state index contributed by atoms with van der Waals surface area (Å²) in [6.07, 6.45) is 0. The summed E-state index contributed by atoms with van der Waals surface area (Å²) >= 11 is 7.23. The van der Waals surface area contributed by atoms with Crippen LogP contribution in [0, 0.1) is 0 Å². The van der Waals surface area contributed by atoms with Gasteiger partial charge in [-0.05, 0) is 32.9 Å². The molecule has 1 heterocycles. The minimum atomic E-state index is -0.208. The highest BCUT2D eigenvalue weighted by Crippen LogP contribution is 2.23. The van der Waals surface area contributed by atoms with Crippen LogP contribution in [0.1, 0.15) is 30.4 Å². The molecule has 1 atom stereocenters. The molecule has 0 aliphatic carbocycles. The lowest BCUT2D eigenvalue weighted by molar-refractivity contribution is 0.0573. The molecule has 0 radical (unpaired) electrons. The number of ketones is 1. The van der Waals surface area contributed by atoms with Crippen LogP contribution >= 0.6 is 22.9 Å². The van der Waals surface area contributed by atoms with Gasteiger partial charge >= 0.3 is 0 Å². The van der Waals surface area contributed by atoms with Gasteiger partial charge in [-0.1, -0.05) is 11.6 Å². The molecular weight excluding hydrogens is 310 g/mol. The zero-order valence-corrected chi connectivity index (χ0v) is 14.5. The smallest absolute Gasteiger partial charge is 0.189 e. The SMILES string of the molecule is CCOCCN(CCOCC)C(C)C(=O)c1ccc(Cl)s1. The van der Waals surface area contributed by atoms with Crippen LogP contribution < -0.4 is 0 Å². The predicted molar refractivity (Wildman–Crippen MR) is 87.7 cm³/mol. The molecule has 0 fully saturated rings. The fraction of sp³-hybridized carbons (Fsp3) is 0.667. The molecule has 0 spiro atoms. The van der Waals surface area contributed by atoms with E-state index in [1.807, 2.05) is 20.8 Å². The lowest BCUT2D eigenvalue weighted by atomic mass is 10.1. The molecular formula is C15H24ClNO3S. The van der Waals surface area contributed by atoms with Crippen LogP contribution in [0.5, 0.6) is 0 Å². The number of Topliss-reactive ketones (excluding diaryl/α,β-unsaturated/α-hetero) is 1. The van der Waals surface area contributed by atoms with E-state index in [1.165, 1.54) is 11.3 Å². The van der Waals surface area contributed by atoms with Gasteiger partial charge in [0.2, 0.25) is 0 Å². The van der Waals surface area contributed by atoms with Crippen LogP contribution in [0.3, 0.4) is 0 Å². The van der Waals surface area contributed by atoms with Crippen molar-refractivity contribution in [3.63, 3.8) is 0 Å². The number of thiophene rings is 1. The fourth-order valence-corrected chi connectivity index (χ4v) is 3.04. The minimum Gasteiger partial charge on any atom is -0.380 e. The molecule has 0 bridgehead atoms. The van der Waals surface area contributed by atoms with E-state index in [2.05, 4.69) is 4.90 Å². The van der Waals surface area contributed by atoms with Crippen molar-refractivity contribution < 1.29 is 14.3 Å². The summed E-state index contributed by atoms with van der Waals surface area (Å²) in [6.45, 7) is 9.88. The molecule has 1 aromatic heterocycles. The molecule has 21 heavy (non-hydrogen) atoms. The van der Waals surface area contributed by atoms with Gasteiger partial charge < -0.3 is 9.47 Å². The normalized spacial score (nSPS) is 12.8. The first kappa shape index (κ1) is 18.6. The number of carbonyl (C=O) groups excluding carboxylic acids is 1. The summed E-state index contributed by atoms with van der Waals surface area (Å²) in [6, 6.07) is 3.34. The van der Waals surface area contributed by atoms with Gasteiger partial charge in [-0.25, -0.2) is 0 Å². The largest absolute Gasteiger partial charge is 0.380 e. The molecule has 0 aliphatic rings. The number of halogens is 1. The molecule has 1 rings (SSSR count). The predicted octanol–water partition coefficient (Wildman–Crippen LogP) is 3.35. The lowest BCUT2D eigenvalue weighted by Gasteiger charge is -2.27. The molecule has 0 saturated heterocycles. The lowest BCUT2D eigenvalue weighted by Crippen LogP contribution is -2.42. The first-order valence-electron chi connectivity index (χ1n) is 7.29. The van der Waals surface area contributed by atoms with Gasteiger partial charge in [-0.2, -0.15) is 0 Å². The third-order valence-corrected chi connectivity index (χ3v) is 4.44. The molecule has 6 heteroatoms. The van der Waals surface area contributed by atoms with Crippen molar-refractivity contribution in [1.29, 1.82) is 0 Å². The molecule has 120 valence electrons. The first-order chi connectivity index (χ1) is 10.1. The van der Waals surface area contributed by atoms with Crippen molar-refractivity contribution >= 4 is 28.7 Å². The number of nitrogens with zero attached hydrogens (tertiary/aromatic N) is 1. The third-order valence-electron chi connectivity index (χ3n) is 3.20. The van der Waals surface area contributed by atoms with E-state index >= 15 is 0 Å². The minimum absolute atomic E-state index is 0.0971. The van der Waals surface area contributed by atoms with E-state index in [0.717, 1.165) is 0 Å². The van der Waals surface area contributed by atoms with Gasteiger partial charge in [-0.3, -0.25) is 9.69 Å². The average Bonchev–Trinajstić information content (AvgIpc) is 2.91. The summed E-state index contributed by atoms with van der Waals surface area (Å²) in [5, 5.41) is 0. The fourth-order valence-electron chi connectivity index (χ4n) is 1.97. The zero-order valence-electron chi connectivity index (χ0n) is 12.9. The second kappa shape index (κ2) is 10.3. The number of ether oxygens (including phenoxy) is 2. The molecule has 0 aliphatic heterocycles. The Labute approximate surface area is 136 Å². The van der Waals surface area contributed by atoms with Gasteiger partial charge in [0.15, 0.2) is 5.78 Å². The molecule has 4 nitrogen and oxygen atoms in total. The van der Waals surface area contributed by atoms with Crippen molar-refractivity contribution in [2.45, 2.75) is 26.8 Å². The molecule has 0 aromatic carbocycles. The van der Waals surface area contributed by atoms with Crippen molar-refractivity contribution in [2.24, 2.45) is 0 Å². The summed E-state index contributed by atoms with van der Waals surface area (Å²) in [7, 11) is 0. The molecule has 1 unspecified atom stereocenters. The molecule has 0 N–H and O–H groups in total. The van der Waals surface area contributed by atoms with Crippen LogP contribution in [0.2, 0.25) is 4.34 Å². The Kier molecular flexibility index (Phi) is 9.11. The van der Waals surface area contributed by atoms with Crippen molar-refractivity contribution in [1.82, 2.24) is 4.90 Å². The summed E-state index contributed by atoms with van der Waals surface area (Å²) in [5.41, 5.74) is 0. The maximum absolute atomic E-state index is 12.5. The summed E-state index contributed by atoms with van der Waals surface area (Å²) < 4.78 is 11.4. The van der Waals surface area contributed by atoms with E-state index in [9.17, 15) is 4.79 Å². The summed E-state index contributed by atoms with van der Waals surface area (Å²) in [5.74, 6) is 0.0971. The monoisotopic (exact) mass is 333 g/mol. The van der Waals surface area contributed by atoms with Gasteiger partial charge in [0.1, 0.15) is 0 Å². The van der Waals surface area contributed by atoms with Crippen LogP contribution in [-0.2, 0) is 9.47 Å². The highest BCUT2D eigenvalue weighted by molar-refractivity contribution is 7.18. The number of carbonyl (C=O) groups is 1. The second-order valence-electron chi connectivity index (χ2n) is 4.57. The van der Waals surface area contributed by atoms with E-state index in [-0.39, 0.29) is 11.8 Å². The Bertz CT molecular complexity index is 415. The van der Waals surface area contributed by atoms with Gasteiger partial charge in [0, 0.05) is 26.3 Å². The van der Waals surface area contributed by atoms with Gasteiger partial charge in [0.05, 0.1) is 28.5 Å². The Morgan fingerprint density at radius 2 is 1.81 bits per heavy atom. The van der Waals surface area contributed by atoms with E-state index in [1.54, 1.807) is 12.1 Å². The zero-order chi connectivity index (χ0) is 15.7. The van der Waals surface area contributed by atoms with Crippen LogP contribution in [-0.4, -0.2) is 56.2 Å². The van der Waals surface area contributed by atoms with Crippen LogP contribution in [0.15, 0.2) is 12.1 Å². The standard InChI is InChI=1S/C15H24ClNO3S/c1-4-19-10-8-17(9-11-20-5-2)12(3)15(18)13-6-7-14(16)21-13/h6-7,12H,4-5,8-11H2,1-3H3. The van der Waals surface area contributed by atoms with Crippen LogP contribution in [0.4, 0.5) is 0 Å². The number of hydrogen-bond donors (Lipinski definition) is 0. The second-order valence-corrected chi connectivity index (χ2v) is 6.29. The van der Waals surface area contributed by atoms with Crippen molar-refractivity contribution in [2.75, 3.05) is 39.5 Å². The van der Waals surface area contributed by atoms with Crippen molar-refractivity contribution in [3.05, 3.63) is 21.3 Å². The van der Waals surface area contributed by atoms with Gasteiger partial charge in [0.25, 0.3) is 0 Å². The maximum Gasteiger partial charge on any atom is 0.189 e. The maximum atomic E-state index is 12.5. The van der Waals surface area contributed by atoms with Crippen molar-refractivity contribution in [3.8, 4) is 0 Å². The van der Waals surface area contributed by atoms with E-state index < -0.39 is 0 Å². The Balaban J connectivity index is 2.63. The molecule has 0 amide bonds. The summed E-state index contributed by atoms with van der Waals surface area (Å²) in [4.78, 5) is 15.3. The number of hydrogen-bond acceptors (Lipinski definition) is 5. The molecule has 0 saturated carbocycles. The first-order valence-corrected chi connectivity index (χ1v) is 8.48. The van der Waals surface area contributed by atoms with E-state index in [4.69, 9.17) is 21.1 Å².